The second-order valence-electron chi connectivity index (χ2n) is 5.98. The van der Waals surface area contributed by atoms with Crippen LogP contribution in [0, 0.1) is 11.6 Å². The van der Waals surface area contributed by atoms with E-state index in [0.29, 0.717) is 17.7 Å². The molecule has 4 nitrogen and oxygen atoms in total. The third-order valence-corrected chi connectivity index (χ3v) is 4.20. The third kappa shape index (κ3) is 4.47. The number of ether oxygens (including phenoxy) is 1. The van der Waals surface area contributed by atoms with Crippen LogP contribution in [0.25, 0.3) is 11.1 Å². The zero-order valence-corrected chi connectivity index (χ0v) is 14.7. The Kier molecular flexibility index (Phi) is 5.76. The molecule has 0 spiro atoms. The van der Waals surface area contributed by atoms with Crippen LogP contribution in [0.15, 0.2) is 60.8 Å². The highest BCUT2D eigenvalue weighted by molar-refractivity contribution is 5.67. The van der Waals surface area contributed by atoms with Crippen LogP contribution < -0.4 is 10.1 Å². The fraction of sp³-hybridized carbons (Fsp3) is 0.143. The predicted octanol–water partition coefficient (Wildman–Crippen LogP) is 4.07. The Hall–Kier alpha value is -3.28. The molecule has 0 aliphatic heterocycles. The van der Waals surface area contributed by atoms with Gasteiger partial charge in [0.25, 0.3) is 0 Å². The highest BCUT2D eigenvalue weighted by Crippen LogP contribution is 2.29. The first kappa shape index (κ1) is 18.5. The van der Waals surface area contributed by atoms with Crippen LogP contribution in [0.3, 0.4) is 0 Å². The molecule has 0 saturated carbocycles. The van der Waals surface area contributed by atoms with Gasteiger partial charge in [0, 0.05) is 17.8 Å². The number of nitrogens with one attached hydrogen (secondary N) is 1. The van der Waals surface area contributed by atoms with E-state index in [0.717, 1.165) is 22.9 Å². The normalized spacial score (nSPS) is 11.7. The fourth-order valence-electron chi connectivity index (χ4n) is 2.99. The number of nitrogens with zero attached hydrogens (tertiary/aromatic N) is 1. The molecule has 27 heavy (non-hydrogen) atoms. The molecule has 0 fully saturated rings. The molecule has 6 heteroatoms. The standard InChI is InChI=1S/C21H18F2N2O2/c1-27-18-6-4-15(5-7-18)19-3-2-8-24-21(19)20(25-13-26)11-14-9-16(22)12-17(23)10-14/h2-10,12-13,20H,11H2,1H3,(H,25,26). The summed E-state index contributed by atoms with van der Waals surface area (Å²) in [5.41, 5.74) is 2.75. The second-order valence-corrected chi connectivity index (χ2v) is 5.98. The molecule has 1 amide bonds. The number of aromatic nitrogens is 1. The number of hydrogen-bond donors (Lipinski definition) is 1. The summed E-state index contributed by atoms with van der Waals surface area (Å²) < 4.78 is 32.2. The largest absolute Gasteiger partial charge is 0.497 e. The average molecular weight is 368 g/mol. The van der Waals surface area contributed by atoms with Gasteiger partial charge in [-0.05, 0) is 47.9 Å². The first-order valence-corrected chi connectivity index (χ1v) is 8.34. The minimum absolute atomic E-state index is 0.202. The van der Waals surface area contributed by atoms with E-state index in [1.54, 1.807) is 19.4 Å². The minimum Gasteiger partial charge on any atom is -0.497 e. The van der Waals surface area contributed by atoms with Crippen molar-refractivity contribution in [2.45, 2.75) is 12.5 Å². The van der Waals surface area contributed by atoms with E-state index in [9.17, 15) is 13.6 Å². The van der Waals surface area contributed by atoms with Crippen molar-refractivity contribution in [3.05, 3.63) is 83.7 Å². The quantitative estimate of drug-likeness (QED) is 0.640. The van der Waals surface area contributed by atoms with Crippen molar-refractivity contribution in [1.82, 2.24) is 10.3 Å². The van der Waals surface area contributed by atoms with Gasteiger partial charge in [-0.15, -0.1) is 0 Å². The lowest BCUT2D eigenvalue weighted by Gasteiger charge is -2.19. The molecule has 1 unspecified atom stereocenters. The van der Waals surface area contributed by atoms with Crippen molar-refractivity contribution in [3.8, 4) is 16.9 Å². The Balaban J connectivity index is 1.99. The Morgan fingerprint density at radius 1 is 1.11 bits per heavy atom. The van der Waals surface area contributed by atoms with Gasteiger partial charge in [-0.1, -0.05) is 18.2 Å². The van der Waals surface area contributed by atoms with Crippen LogP contribution in [0.5, 0.6) is 5.75 Å². The molecule has 0 aliphatic carbocycles. The number of pyridine rings is 1. The fourth-order valence-corrected chi connectivity index (χ4v) is 2.99. The van der Waals surface area contributed by atoms with Gasteiger partial charge in [0.1, 0.15) is 17.4 Å². The molecule has 138 valence electrons. The summed E-state index contributed by atoms with van der Waals surface area (Å²) in [4.78, 5) is 15.6. The number of amides is 1. The molecule has 0 bridgehead atoms. The summed E-state index contributed by atoms with van der Waals surface area (Å²) in [6, 6.07) is 13.9. The number of benzene rings is 2. The van der Waals surface area contributed by atoms with Crippen molar-refractivity contribution >= 4 is 6.41 Å². The topological polar surface area (TPSA) is 51.2 Å². The number of hydrogen-bond acceptors (Lipinski definition) is 3. The molecule has 1 heterocycles. The SMILES string of the molecule is COc1ccc(-c2cccnc2C(Cc2cc(F)cc(F)c2)NC=O)cc1. The summed E-state index contributed by atoms with van der Waals surface area (Å²) in [7, 11) is 1.59. The van der Waals surface area contributed by atoms with E-state index < -0.39 is 17.7 Å². The van der Waals surface area contributed by atoms with E-state index in [4.69, 9.17) is 4.74 Å². The number of carbonyl (C=O) groups is 1. The Labute approximate surface area is 155 Å². The summed E-state index contributed by atoms with van der Waals surface area (Å²) in [6.07, 6.45) is 2.38. The maximum atomic E-state index is 13.5. The van der Waals surface area contributed by atoms with Crippen molar-refractivity contribution in [1.29, 1.82) is 0 Å². The van der Waals surface area contributed by atoms with Crippen LogP contribution in [0.4, 0.5) is 8.78 Å². The van der Waals surface area contributed by atoms with E-state index >= 15 is 0 Å². The predicted molar refractivity (Wildman–Crippen MR) is 98.2 cm³/mol. The summed E-state index contributed by atoms with van der Waals surface area (Å²) in [6.45, 7) is 0. The van der Waals surface area contributed by atoms with E-state index in [2.05, 4.69) is 10.3 Å². The highest BCUT2D eigenvalue weighted by Gasteiger charge is 2.18. The molecule has 1 N–H and O–H groups in total. The van der Waals surface area contributed by atoms with Crippen LogP contribution in [-0.4, -0.2) is 18.5 Å². The Morgan fingerprint density at radius 2 is 1.81 bits per heavy atom. The number of rotatable bonds is 7. The Morgan fingerprint density at radius 3 is 2.44 bits per heavy atom. The van der Waals surface area contributed by atoms with Gasteiger partial charge in [0.05, 0.1) is 18.8 Å². The van der Waals surface area contributed by atoms with Gasteiger partial charge >= 0.3 is 0 Å². The van der Waals surface area contributed by atoms with Crippen LogP contribution in [0.2, 0.25) is 0 Å². The van der Waals surface area contributed by atoms with Crippen molar-refractivity contribution in [2.24, 2.45) is 0 Å². The summed E-state index contributed by atoms with van der Waals surface area (Å²) in [5, 5.41) is 2.71. The number of carbonyl (C=O) groups excluding carboxylic acids is 1. The van der Waals surface area contributed by atoms with Gasteiger partial charge in [-0.3, -0.25) is 9.78 Å². The molecular formula is C21H18F2N2O2. The van der Waals surface area contributed by atoms with Crippen LogP contribution in [0.1, 0.15) is 17.3 Å². The molecule has 3 rings (SSSR count). The third-order valence-electron chi connectivity index (χ3n) is 4.20. The monoisotopic (exact) mass is 368 g/mol. The Bertz CT molecular complexity index is 909. The maximum Gasteiger partial charge on any atom is 0.207 e. The molecule has 2 aromatic carbocycles. The first-order valence-electron chi connectivity index (χ1n) is 8.34. The number of methoxy groups -OCH3 is 1. The zero-order chi connectivity index (χ0) is 19.2. The summed E-state index contributed by atoms with van der Waals surface area (Å²) in [5.74, 6) is -0.598. The molecule has 1 aromatic heterocycles. The van der Waals surface area contributed by atoms with Gasteiger partial charge in [0.2, 0.25) is 6.41 Å². The molecule has 1 atom stereocenters. The molecule has 0 radical (unpaired) electrons. The summed E-state index contributed by atoms with van der Waals surface area (Å²) >= 11 is 0. The highest BCUT2D eigenvalue weighted by atomic mass is 19.1. The lowest BCUT2D eigenvalue weighted by Crippen LogP contribution is -2.23. The van der Waals surface area contributed by atoms with Gasteiger partial charge in [-0.25, -0.2) is 8.78 Å². The average Bonchev–Trinajstić information content (AvgIpc) is 2.67. The van der Waals surface area contributed by atoms with Crippen molar-refractivity contribution < 1.29 is 18.3 Å². The van der Waals surface area contributed by atoms with Gasteiger partial charge in [0.15, 0.2) is 0 Å². The van der Waals surface area contributed by atoms with Crippen molar-refractivity contribution in [2.75, 3.05) is 7.11 Å². The molecular weight excluding hydrogens is 350 g/mol. The van der Waals surface area contributed by atoms with Gasteiger partial charge in [-0.2, -0.15) is 0 Å². The van der Waals surface area contributed by atoms with Gasteiger partial charge < -0.3 is 10.1 Å². The van der Waals surface area contributed by atoms with E-state index in [-0.39, 0.29) is 6.42 Å². The number of halogens is 2. The van der Waals surface area contributed by atoms with E-state index in [1.807, 2.05) is 30.3 Å². The smallest absolute Gasteiger partial charge is 0.207 e. The zero-order valence-electron chi connectivity index (χ0n) is 14.7. The lowest BCUT2D eigenvalue weighted by atomic mass is 9.95. The molecule has 0 saturated heterocycles. The second kappa shape index (κ2) is 8.40. The lowest BCUT2D eigenvalue weighted by molar-refractivity contribution is -0.110. The van der Waals surface area contributed by atoms with Crippen molar-refractivity contribution in [3.63, 3.8) is 0 Å². The molecule has 0 aliphatic rings. The van der Waals surface area contributed by atoms with Crippen LogP contribution in [-0.2, 0) is 11.2 Å². The maximum absolute atomic E-state index is 13.5. The van der Waals surface area contributed by atoms with Crippen LogP contribution >= 0.6 is 0 Å². The molecule has 3 aromatic rings. The first-order chi connectivity index (χ1) is 13.1. The van der Waals surface area contributed by atoms with E-state index in [1.165, 1.54) is 12.1 Å². The minimum atomic E-state index is -0.661.